The third-order valence-corrected chi connectivity index (χ3v) is 3.41. The number of hydrazine groups is 1. The normalized spacial score (nSPS) is 12.8. The molecule has 1 heterocycles. The lowest BCUT2D eigenvalue weighted by Crippen LogP contribution is -2.29. The number of nitrogens with one attached hydrogen (secondary N) is 1. The number of hydrogen-bond acceptors (Lipinski definition) is 3. The lowest BCUT2D eigenvalue weighted by Gasteiger charge is -2.16. The minimum Gasteiger partial charge on any atom is -0.275 e. The van der Waals surface area contributed by atoms with Crippen molar-refractivity contribution in [2.75, 3.05) is 0 Å². The molecule has 0 fully saturated rings. The van der Waals surface area contributed by atoms with Crippen LogP contribution in [0.25, 0.3) is 10.8 Å². The predicted molar refractivity (Wildman–Crippen MR) is 76.3 cm³/mol. The van der Waals surface area contributed by atoms with Crippen molar-refractivity contribution < 1.29 is 4.39 Å². The van der Waals surface area contributed by atoms with E-state index in [1.54, 1.807) is 16.8 Å². The molecule has 1 atom stereocenters. The van der Waals surface area contributed by atoms with Crippen molar-refractivity contribution in [2.45, 2.75) is 6.04 Å². The Balaban J connectivity index is 2.20. The highest BCUT2D eigenvalue weighted by Gasteiger charge is 2.18. The number of rotatable bonds is 3. The first-order chi connectivity index (χ1) is 9.70. The quantitative estimate of drug-likeness (QED) is 0.567. The number of benzene rings is 2. The topological polar surface area (TPSA) is 55.9 Å². The van der Waals surface area contributed by atoms with E-state index in [2.05, 4.69) is 10.5 Å². The first kappa shape index (κ1) is 12.8. The molecule has 4 nitrogen and oxygen atoms in total. The average molecular weight is 270 g/mol. The molecule has 3 aromatic rings. The molecule has 1 aromatic heterocycles. The van der Waals surface area contributed by atoms with Gasteiger partial charge in [0.15, 0.2) is 0 Å². The monoisotopic (exact) mass is 270 g/mol. The van der Waals surface area contributed by atoms with Crippen LogP contribution in [0.4, 0.5) is 4.39 Å². The molecule has 0 bridgehead atoms. The molecular formula is C15H15FN4. The van der Waals surface area contributed by atoms with Crippen LogP contribution < -0.4 is 11.3 Å². The van der Waals surface area contributed by atoms with E-state index < -0.39 is 0 Å². The van der Waals surface area contributed by atoms with Gasteiger partial charge in [0.2, 0.25) is 0 Å². The van der Waals surface area contributed by atoms with Crippen LogP contribution in [0.2, 0.25) is 0 Å². The lowest BCUT2D eigenvalue weighted by atomic mass is 9.97. The number of nitrogens with two attached hydrogens (primary N) is 1. The fraction of sp³-hybridized carbons (Fsp3) is 0.133. The van der Waals surface area contributed by atoms with Crippen LogP contribution in [-0.4, -0.2) is 9.78 Å². The second-order valence-electron chi connectivity index (χ2n) is 4.70. The summed E-state index contributed by atoms with van der Waals surface area (Å²) in [6.45, 7) is 0. The molecule has 0 aliphatic heterocycles. The van der Waals surface area contributed by atoms with Crippen molar-refractivity contribution in [1.29, 1.82) is 0 Å². The number of fused-ring (bicyclic) bond motifs is 1. The van der Waals surface area contributed by atoms with E-state index in [0.29, 0.717) is 5.39 Å². The van der Waals surface area contributed by atoms with E-state index in [0.717, 1.165) is 16.6 Å². The zero-order valence-corrected chi connectivity index (χ0v) is 11.0. The maximum Gasteiger partial charge on any atom is 0.131 e. The Hall–Kier alpha value is -2.24. The molecule has 1 unspecified atom stereocenters. The van der Waals surface area contributed by atoms with Crippen LogP contribution in [0.15, 0.2) is 48.7 Å². The van der Waals surface area contributed by atoms with Gasteiger partial charge < -0.3 is 0 Å². The minimum atomic E-state index is -0.276. The van der Waals surface area contributed by atoms with Crippen LogP contribution in [-0.2, 0) is 7.05 Å². The van der Waals surface area contributed by atoms with Crippen LogP contribution in [0, 0.1) is 5.82 Å². The Morgan fingerprint density at radius 2 is 1.90 bits per heavy atom. The van der Waals surface area contributed by atoms with Crippen LogP contribution >= 0.6 is 0 Å². The van der Waals surface area contributed by atoms with Gasteiger partial charge in [-0.05, 0) is 23.1 Å². The second kappa shape index (κ2) is 5.03. The standard InChI is InChI=1S/C15H15FN4/c1-20-9-8-14(19-20)15(18-17)12-6-7-13(16)11-5-3-2-4-10(11)12/h2-9,15,18H,17H2,1H3. The van der Waals surface area contributed by atoms with Crippen molar-refractivity contribution in [3.63, 3.8) is 0 Å². The maximum absolute atomic E-state index is 13.9. The van der Waals surface area contributed by atoms with Crippen LogP contribution in [0.5, 0.6) is 0 Å². The summed E-state index contributed by atoms with van der Waals surface area (Å²) < 4.78 is 15.6. The zero-order chi connectivity index (χ0) is 14.1. The van der Waals surface area contributed by atoms with Gasteiger partial charge in [0.05, 0.1) is 11.7 Å². The molecule has 102 valence electrons. The fourth-order valence-electron chi connectivity index (χ4n) is 2.46. The van der Waals surface area contributed by atoms with Crippen molar-refractivity contribution in [3.8, 4) is 0 Å². The molecule has 0 amide bonds. The number of hydrogen-bond donors (Lipinski definition) is 2. The van der Waals surface area contributed by atoms with Gasteiger partial charge >= 0.3 is 0 Å². The van der Waals surface area contributed by atoms with Gasteiger partial charge in [-0.2, -0.15) is 5.10 Å². The second-order valence-corrected chi connectivity index (χ2v) is 4.70. The van der Waals surface area contributed by atoms with Crippen LogP contribution in [0.1, 0.15) is 17.3 Å². The first-order valence-corrected chi connectivity index (χ1v) is 6.33. The summed E-state index contributed by atoms with van der Waals surface area (Å²) in [6, 6.07) is 12.2. The zero-order valence-electron chi connectivity index (χ0n) is 11.0. The molecular weight excluding hydrogens is 255 g/mol. The van der Waals surface area contributed by atoms with E-state index in [9.17, 15) is 4.39 Å². The van der Waals surface area contributed by atoms with E-state index in [4.69, 9.17) is 5.84 Å². The first-order valence-electron chi connectivity index (χ1n) is 6.33. The number of aryl methyl sites for hydroxylation is 1. The highest BCUT2D eigenvalue weighted by atomic mass is 19.1. The molecule has 0 radical (unpaired) electrons. The molecule has 20 heavy (non-hydrogen) atoms. The largest absolute Gasteiger partial charge is 0.275 e. The lowest BCUT2D eigenvalue weighted by molar-refractivity contribution is 0.603. The summed E-state index contributed by atoms with van der Waals surface area (Å²) in [7, 11) is 1.85. The van der Waals surface area contributed by atoms with E-state index in [1.807, 2.05) is 37.5 Å². The summed E-state index contributed by atoms with van der Waals surface area (Å²) in [5.41, 5.74) is 4.46. The third-order valence-electron chi connectivity index (χ3n) is 3.41. The molecule has 0 saturated carbocycles. The molecule has 3 N–H and O–H groups in total. The van der Waals surface area contributed by atoms with Crippen molar-refractivity contribution >= 4 is 10.8 Å². The summed E-state index contributed by atoms with van der Waals surface area (Å²) in [5.74, 6) is 5.45. The van der Waals surface area contributed by atoms with Gasteiger partial charge in [0.25, 0.3) is 0 Å². The molecule has 0 saturated heterocycles. The predicted octanol–water partition coefficient (Wildman–Crippen LogP) is 2.27. The summed E-state index contributed by atoms with van der Waals surface area (Å²) in [6.07, 6.45) is 1.85. The summed E-state index contributed by atoms with van der Waals surface area (Å²) in [4.78, 5) is 0. The molecule has 2 aromatic carbocycles. The maximum atomic E-state index is 13.9. The highest BCUT2D eigenvalue weighted by Crippen LogP contribution is 2.29. The SMILES string of the molecule is Cn1ccc(C(NN)c2ccc(F)c3ccccc23)n1. The Morgan fingerprint density at radius 1 is 1.15 bits per heavy atom. The number of nitrogens with zero attached hydrogens (tertiary/aromatic N) is 2. The van der Waals surface area contributed by atoms with E-state index in [-0.39, 0.29) is 11.9 Å². The van der Waals surface area contributed by atoms with Crippen molar-refractivity contribution in [1.82, 2.24) is 15.2 Å². The van der Waals surface area contributed by atoms with Gasteiger partial charge in [-0.15, -0.1) is 0 Å². The van der Waals surface area contributed by atoms with E-state index >= 15 is 0 Å². The van der Waals surface area contributed by atoms with Gasteiger partial charge in [-0.25, -0.2) is 9.82 Å². The molecule has 5 heteroatoms. The van der Waals surface area contributed by atoms with E-state index in [1.165, 1.54) is 6.07 Å². The minimum absolute atomic E-state index is 0.235. The fourth-order valence-corrected chi connectivity index (χ4v) is 2.46. The van der Waals surface area contributed by atoms with Crippen LogP contribution in [0.3, 0.4) is 0 Å². The molecule has 0 spiro atoms. The molecule has 0 aliphatic carbocycles. The van der Waals surface area contributed by atoms with Gasteiger partial charge in [0, 0.05) is 18.6 Å². The van der Waals surface area contributed by atoms with Gasteiger partial charge in [-0.1, -0.05) is 30.3 Å². The average Bonchev–Trinajstić information content (AvgIpc) is 2.89. The summed E-state index contributed by atoms with van der Waals surface area (Å²) >= 11 is 0. The van der Waals surface area contributed by atoms with Crippen molar-refractivity contribution in [3.05, 3.63) is 65.7 Å². The Labute approximate surface area is 116 Å². The number of aromatic nitrogens is 2. The molecule has 3 rings (SSSR count). The van der Waals surface area contributed by atoms with Crippen molar-refractivity contribution in [2.24, 2.45) is 12.9 Å². The smallest absolute Gasteiger partial charge is 0.131 e. The number of halogens is 1. The Bertz CT molecular complexity index is 750. The Morgan fingerprint density at radius 3 is 2.55 bits per heavy atom. The molecule has 0 aliphatic rings. The summed E-state index contributed by atoms with van der Waals surface area (Å²) in [5, 5.41) is 5.79. The third kappa shape index (κ3) is 2.07. The Kier molecular flexibility index (Phi) is 3.22. The highest BCUT2D eigenvalue weighted by molar-refractivity contribution is 5.87. The van der Waals surface area contributed by atoms with Gasteiger partial charge in [0.1, 0.15) is 5.82 Å². The van der Waals surface area contributed by atoms with Gasteiger partial charge in [-0.3, -0.25) is 10.5 Å².